The lowest BCUT2D eigenvalue weighted by atomic mass is 9.53. The van der Waals surface area contributed by atoms with Crippen molar-refractivity contribution in [2.45, 2.75) is 62.7 Å². The van der Waals surface area contributed by atoms with E-state index in [1.807, 2.05) is 30.3 Å². The lowest BCUT2D eigenvalue weighted by Crippen LogP contribution is -2.61. The minimum atomic E-state index is -3.33. The molecule has 0 spiro atoms. The summed E-state index contributed by atoms with van der Waals surface area (Å²) in [6, 6.07) is 9.33. The van der Waals surface area contributed by atoms with Crippen LogP contribution in [0.15, 0.2) is 30.3 Å². The van der Waals surface area contributed by atoms with E-state index in [4.69, 9.17) is 0 Å². The Bertz CT molecular complexity index is 824. The monoisotopic (exact) mass is 416 g/mol. The molecule has 158 valence electrons. The van der Waals surface area contributed by atoms with Crippen LogP contribution < -0.4 is 5.32 Å². The number of nitrogens with zero attached hydrogens (tertiary/aromatic N) is 1. The van der Waals surface area contributed by atoms with Gasteiger partial charge in [-0.1, -0.05) is 30.3 Å². The van der Waals surface area contributed by atoms with Gasteiger partial charge < -0.3 is 5.32 Å². The summed E-state index contributed by atoms with van der Waals surface area (Å²) >= 11 is 0. The third-order valence-electron chi connectivity index (χ3n) is 7.84. The van der Waals surface area contributed by atoms with Gasteiger partial charge in [-0.15, -0.1) is 0 Å². The van der Waals surface area contributed by atoms with Crippen molar-refractivity contribution in [1.29, 1.82) is 0 Å². The van der Waals surface area contributed by atoms with Gasteiger partial charge in [-0.05, 0) is 74.7 Å². The number of benzene rings is 1. The van der Waals surface area contributed by atoms with E-state index in [0.717, 1.165) is 42.6 Å². The van der Waals surface area contributed by atoms with Crippen molar-refractivity contribution in [3.63, 3.8) is 0 Å². The van der Waals surface area contributed by atoms with Crippen LogP contribution in [0.2, 0.25) is 0 Å². The molecule has 1 amide bonds. The molecule has 0 aromatic heterocycles. The van der Waals surface area contributed by atoms with Crippen molar-refractivity contribution in [1.82, 2.24) is 9.62 Å². The van der Waals surface area contributed by atoms with Gasteiger partial charge in [-0.3, -0.25) is 4.79 Å². The largest absolute Gasteiger partial charge is 0.350 e. The van der Waals surface area contributed by atoms with E-state index in [1.165, 1.54) is 19.3 Å². The standard InChI is InChI=1S/C23H32N2O3S/c26-22(24-23-13-18-10-19(14-23)12-20(11-18)15-23)21-6-8-25(9-7-21)29(27,28)16-17-4-2-1-3-5-17/h1-5,18-21H,6-16H2,(H,24,26). The molecule has 29 heavy (non-hydrogen) atoms. The highest BCUT2D eigenvalue weighted by molar-refractivity contribution is 7.88. The van der Waals surface area contributed by atoms with Gasteiger partial charge in [-0.25, -0.2) is 12.7 Å². The number of piperidine rings is 1. The second-order valence-corrected chi connectivity index (χ2v) is 12.1. The second-order valence-electron chi connectivity index (χ2n) is 10.1. The summed E-state index contributed by atoms with van der Waals surface area (Å²) in [5.41, 5.74) is 0.858. The number of rotatable bonds is 5. The van der Waals surface area contributed by atoms with Gasteiger partial charge in [0.05, 0.1) is 5.75 Å². The molecule has 1 heterocycles. The normalized spacial score (nSPS) is 35.0. The SMILES string of the molecule is O=C(NC12CC3CC(CC(C3)C1)C2)C1CCN(S(=O)(=O)Cc2ccccc2)CC1. The molecule has 5 fully saturated rings. The fourth-order valence-electron chi connectivity index (χ4n) is 6.90. The molecular weight excluding hydrogens is 384 g/mol. The van der Waals surface area contributed by atoms with Crippen molar-refractivity contribution in [3.8, 4) is 0 Å². The molecule has 1 saturated heterocycles. The van der Waals surface area contributed by atoms with Crippen molar-refractivity contribution in [2.24, 2.45) is 23.7 Å². The molecule has 1 aromatic carbocycles. The maximum Gasteiger partial charge on any atom is 0.223 e. The number of amides is 1. The van der Waals surface area contributed by atoms with Gasteiger partial charge in [0.2, 0.25) is 15.9 Å². The number of carbonyl (C=O) groups excluding carboxylic acids is 1. The summed E-state index contributed by atoms with van der Waals surface area (Å²) in [6.45, 7) is 0.905. The second kappa shape index (κ2) is 7.38. The first kappa shape index (κ1) is 19.6. The molecule has 6 rings (SSSR count). The Morgan fingerprint density at radius 1 is 0.966 bits per heavy atom. The van der Waals surface area contributed by atoms with Crippen molar-refractivity contribution in [3.05, 3.63) is 35.9 Å². The molecule has 4 aliphatic carbocycles. The van der Waals surface area contributed by atoms with E-state index >= 15 is 0 Å². The Balaban J connectivity index is 1.17. The highest BCUT2D eigenvalue weighted by Gasteiger charge is 2.52. The highest BCUT2D eigenvalue weighted by Crippen LogP contribution is 2.55. The fraction of sp³-hybridized carbons (Fsp3) is 0.696. The summed E-state index contributed by atoms with van der Waals surface area (Å²) in [5.74, 6) is 2.60. The molecule has 0 unspecified atom stereocenters. The van der Waals surface area contributed by atoms with E-state index in [2.05, 4.69) is 5.32 Å². The molecule has 4 saturated carbocycles. The third-order valence-corrected chi connectivity index (χ3v) is 9.69. The summed E-state index contributed by atoms with van der Waals surface area (Å²) in [7, 11) is -3.33. The van der Waals surface area contributed by atoms with Crippen LogP contribution in [-0.2, 0) is 20.6 Å². The Hall–Kier alpha value is -1.40. The van der Waals surface area contributed by atoms with Gasteiger partial charge in [0.1, 0.15) is 0 Å². The van der Waals surface area contributed by atoms with E-state index in [0.29, 0.717) is 25.9 Å². The van der Waals surface area contributed by atoms with Gasteiger partial charge in [0.15, 0.2) is 0 Å². The molecule has 0 atom stereocenters. The van der Waals surface area contributed by atoms with E-state index in [-0.39, 0.29) is 23.1 Å². The molecule has 5 aliphatic rings. The summed E-state index contributed by atoms with van der Waals surface area (Å²) in [6.07, 6.45) is 8.85. The van der Waals surface area contributed by atoms with Gasteiger partial charge in [0, 0.05) is 24.5 Å². The van der Waals surface area contributed by atoms with Crippen LogP contribution >= 0.6 is 0 Å². The van der Waals surface area contributed by atoms with Crippen molar-refractivity contribution in [2.75, 3.05) is 13.1 Å². The third kappa shape index (κ3) is 3.98. The van der Waals surface area contributed by atoms with Crippen LogP contribution in [0.5, 0.6) is 0 Å². The van der Waals surface area contributed by atoms with E-state index in [1.54, 1.807) is 4.31 Å². The average molecular weight is 417 g/mol. The Labute approximate surface area is 174 Å². The zero-order chi connectivity index (χ0) is 20.1. The Kier molecular flexibility index (Phi) is 4.98. The predicted octanol–water partition coefficient (Wildman–Crippen LogP) is 3.31. The van der Waals surface area contributed by atoms with Crippen LogP contribution in [0.1, 0.15) is 56.9 Å². The first-order valence-corrected chi connectivity index (χ1v) is 12.9. The molecule has 1 aromatic rings. The van der Waals surface area contributed by atoms with Crippen molar-refractivity contribution >= 4 is 15.9 Å². The minimum Gasteiger partial charge on any atom is -0.350 e. The lowest BCUT2D eigenvalue weighted by Gasteiger charge is -2.57. The first-order valence-electron chi connectivity index (χ1n) is 11.2. The van der Waals surface area contributed by atoms with E-state index < -0.39 is 10.0 Å². The molecule has 1 N–H and O–H groups in total. The Morgan fingerprint density at radius 3 is 2.07 bits per heavy atom. The van der Waals surface area contributed by atoms with Gasteiger partial charge >= 0.3 is 0 Å². The summed E-state index contributed by atoms with van der Waals surface area (Å²) in [5, 5.41) is 3.48. The first-order chi connectivity index (χ1) is 13.9. The molecule has 1 aliphatic heterocycles. The molecular formula is C23H32N2O3S. The molecule has 4 bridgehead atoms. The lowest BCUT2D eigenvalue weighted by molar-refractivity contribution is -0.132. The minimum absolute atomic E-state index is 0.0397. The van der Waals surface area contributed by atoms with Crippen LogP contribution in [0, 0.1) is 23.7 Å². The average Bonchev–Trinajstić information content (AvgIpc) is 2.67. The quantitative estimate of drug-likeness (QED) is 0.801. The smallest absolute Gasteiger partial charge is 0.223 e. The van der Waals surface area contributed by atoms with Crippen LogP contribution in [-0.4, -0.2) is 37.3 Å². The maximum atomic E-state index is 13.1. The van der Waals surface area contributed by atoms with Crippen LogP contribution in [0.3, 0.4) is 0 Å². The van der Waals surface area contributed by atoms with Gasteiger partial charge in [-0.2, -0.15) is 0 Å². The summed E-state index contributed by atoms with van der Waals surface area (Å²) in [4.78, 5) is 13.1. The number of carbonyl (C=O) groups is 1. The fourth-order valence-corrected chi connectivity index (χ4v) is 8.46. The topological polar surface area (TPSA) is 66.5 Å². The Morgan fingerprint density at radius 2 is 1.52 bits per heavy atom. The molecule has 5 nitrogen and oxygen atoms in total. The summed E-state index contributed by atoms with van der Waals surface area (Å²) < 4.78 is 27.1. The zero-order valence-electron chi connectivity index (χ0n) is 17.1. The number of hydrogen-bond donors (Lipinski definition) is 1. The number of sulfonamides is 1. The van der Waals surface area contributed by atoms with Crippen molar-refractivity contribution < 1.29 is 13.2 Å². The molecule has 6 heteroatoms. The van der Waals surface area contributed by atoms with Crippen LogP contribution in [0.4, 0.5) is 0 Å². The number of hydrogen-bond acceptors (Lipinski definition) is 3. The van der Waals surface area contributed by atoms with E-state index in [9.17, 15) is 13.2 Å². The molecule has 0 radical (unpaired) electrons. The van der Waals surface area contributed by atoms with Crippen LogP contribution in [0.25, 0.3) is 0 Å². The maximum absolute atomic E-state index is 13.1. The highest BCUT2D eigenvalue weighted by atomic mass is 32.2. The predicted molar refractivity (Wildman–Crippen MR) is 112 cm³/mol. The zero-order valence-corrected chi connectivity index (χ0v) is 17.9. The van der Waals surface area contributed by atoms with Gasteiger partial charge in [0.25, 0.3) is 0 Å². The number of nitrogens with one attached hydrogen (secondary N) is 1.